The highest BCUT2D eigenvalue weighted by atomic mass is 19.3. The van der Waals surface area contributed by atoms with Gasteiger partial charge in [-0.05, 0) is 69.9 Å². The van der Waals surface area contributed by atoms with Gasteiger partial charge in [0.1, 0.15) is 23.7 Å². The Morgan fingerprint density at radius 1 is 0.812 bits per heavy atom. The Hall–Kier alpha value is -4.88. The van der Waals surface area contributed by atoms with Crippen molar-refractivity contribution in [2.24, 2.45) is 5.92 Å². The second-order valence-corrected chi connectivity index (χ2v) is 12.3. The molecule has 0 saturated carbocycles. The predicted octanol–water partition coefficient (Wildman–Crippen LogP) is 5.71. The van der Waals surface area contributed by atoms with E-state index in [0.29, 0.717) is 11.6 Å². The van der Waals surface area contributed by atoms with E-state index in [4.69, 9.17) is 0 Å². The molecule has 9 nitrogen and oxygen atoms in total. The number of halogens is 4. The Bertz CT molecular complexity index is 1810. The van der Waals surface area contributed by atoms with Gasteiger partial charge in [-0.2, -0.15) is 8.78 Å². The van der Waals surface area contributed by atoms with E-state index in [0.717, 1.165) is 77.9 Å². The summed E-state index contributed by atoms with van der Waals surface area (Å²) >= 11 is 0. The quantitative estimate of drug-likeness (QED) is 0.184. The summed E-state index contributed by atoms with van der Waals surface area (Å²) in [5.74, 6) is -6.32. The van der Waals surface area contributed by atoms with E-state index in [1.165, 1.54) is 12.3 Å². The third kappa shape index (κ3) is 6.47. The smallest absolute Gasteiger partial charge is 0.323 e. The van der Waals surface area contributed by atoms with Crippen LogP contribution in [0.4, 0.5) is 28.9 Å². The molecule has 0 amide bonds. The van der Waals surface area contributed by atoms with Crippen LogP contribution in [0, 0.1) is 17.6 Å². The van der Waals surface area contributed by atoms with Crippen LogP contribution in [0.2, 0.25) is 0 Å². The number of benzene rings is 3. The van der Waals surface area contributed by atoms with Gasteiger partial charge < -0.3 is 20.0 Å². The first-order chi connectivity index (χ1) is 23.0. The first-order valence-electron chi connectivity index (χ1n) is 15.6. The van der Waals surface area contributed by atoms with Gasteiger partial charge in [-0.3, -0.25) is 4.98 Å². The average molecular weight is 662 g/mol. The van der Waals surface area contributed by atoms with Gasteiger partial charge in [0.05, 0.1) is 12.6 Å². The van der Waals surface area contributed by atoms with E-state index in [9.17, 15) is 19.0 Å². The third-order valence-corrected chi connectivity index (χ3v) is 8.84. The second-order valence-electron chi connectivity index (χ2n) is 12.3. The summed E-state index contributed by atoms with van der Waals surface area (Å²) < 4.78 is 61.5. The molecule has 1 fully saturated rings. The summed E-state index contributed by atoms with van der Waals surface area (Å²) in [6, 6.07) is 20.3. The fourth-order valence-corrected chi connectivity index (χ4v) is 5.98. The second kappa shape index (κ2) is 13.3. The molecule has 2 atom stereocenters. The average Bonchev–Trinajstić information content (AvgIpc) is 3.61. The van der Waals surface area contributed by atoms with E-state index in [-0.39, 0.29) is 5.92 Å². The number of aromatic nitrogens is 5. The van der Waals surface area contributed by atoms with Crippen LogP contribution < -0.4 is 9.80 Å². The van der Waals surface area contributed by atoms with Crippen LogP contribution in [0.5, 0.6) is 0 Å². The van der Waals surface area contributed by atoms with Crippen molar-refractivity contribution in [1.29, 1.82) is 0 Å². The highest BCUT2D eigenvalue weighted by Gasteiger charge is 2.58. The largest absolute Gasteiger partial charge is 0.388 e. The fraction of sp³-hybridized carbons (Fsp3) is 0.314. The van der Waals surface area contributed by atoms with Crippen molar-refractivity contribution in [3.05, 3.63) is 120 Å². The lowest BCUT2D eigenvalue weighted by Gasteiger charge is -2.37. The first-order valence-corrected chi connectivity index (χ1v) is 15.6. The van der Waals surface area contributed by atoms with Gasteiger partial charge >= 0.3 is 5.92 Å². The SMILES string of the molecule is CC(C)C(O)c1ccc(N2CCN(c3ccc(-c4ccc(C(F)(F)[C@](O)(Cn5cnnn5)c5ccc(F)cc5F)nc4)cc3)CC2)cc1. The molecular formula is C35H35F4N7O2. The Morgan fingerprint density at radius 2 is 1.42 bits per heavy atom. The Kier molecular flexibility index (Phi) is 9.17. The zero-order chi connectivity index (χ0) is 34.1. The summed E-state index contributed by atoms with van der Waals surface area (Å²) in [5.41, 5.74) is -0.488. The topological polar surface area (TPSA) is 103 Å². The highest BCUT2D eigenvalue weighted by Crippen LogP contribution is 2.47. The molecule has 0 radical (unpaired) electrons. The lowest BCUT2D eigenvalue weighted by atomic mass is 9.84. The maximum absolute atomic E-state index is 16.1. The van der Waals surface area contributed by atoms with Crippen LogP contribution in [0.3, 0.4) is 0 Å². The third-order valence-electron chi connectivity index (χ3n) is 8.84. The van der Waals surface area contributed by atoms with Crippen LogP contribution in [0.15, 0.2) is 91.4 Å². The molecular weight excluding hydrogens is 626 g/mol. The number of nitrogens with zero attached hydrogens (tertiary/aromatic N) is 7. The molecule has 0 spiro atoms. The van der Waals surface area contributed by atoms with Gasteiger partial charge in [0, 0.05) is 60.9 Å². The van der Waals surface area contributed by atoms with Gasteiger partial charge in [0.15, 0.2) is 5.60 Å². The summed E-state index contributed by atoms with van der Waals surface area (Å²) in [6.07, 6.45) is 1.78. The molecule has 0 aliphatic carbocycles. The number of hydrogen-bond acceptors (Lipinski definition) is 8. The number of pyridine rings is 1. The molecule has 3 aromatic carbocycles. The van der Waals surface area contributed by atoms with Gasteiger partial charge in [-0.1, -0.05) is 44.2 Å². The molecule has 6 rings (SSSR count). The molecule has 1 aliphatic rings. The molecule has 5 aromatic rings. The van der Waals surface area contributed by atoms with Crippen molar-refractivity contribution >= 4 is 11.4 Å². The number of anilines is 2. The minimum Gasteiger partial charge on any atom is -0.388 e. The number of hydrogen-bond donors (Lipinski definition) is 2. The van der Waals surface area contributed by atoms with Gasteiger partial charge in [0.2, 0.25) is 0 Å². The summed E-state index contributed by atoms with van der Waals surface area (Å²) in [5, 5.41) is 32.0. The summed E-state index contributed by atoms with van der Waals surface area (Å²) in [7, 11) is 0. The maximum atomic E-state index is 16.1. The van der Waals surface area contributed by atoms with Crippen LogP contribution in [-0.2, 0) is 18.1 Å². The Labute approximate surface area is 275 Å². The van der Waals surface area contributed by atoms with Gasteiger partial charge in [-0.15, -0.1) is 5.10 Å². The van der Waals surface area contributed by atoms with Crippen molar-refractivity contribution in [2.75, 3.05) is 36.0 Å². The number of rotatable bonds is 10. The van der Waals surface area contributed by atoms with E-state index in [2.05, 4.69) is 42.4 Å². The Morgan fingerprint density at radius 3 is 1.94 bits per heavy atom. The van der Waals surface area contributed by atoms with Crippen molar-refractivity contribution in [1.82, 2.24) is 25.2 Å². The van der Waals surface area contributed by atoms with Crippen LogP contribution in [0.1, 0.15) is 36.8 Å². The van der Waals surface area contributed by atoms with Crippen LogP contribution in [0.25, 0.3) is 11.1 Å². The molecule has 2 N–H and O–H groups in total. The van der Waals surface area contributed by atoms with Crippen LogP contribution >= 0.6 is 0 Å². The molecule has 250 valence electrons. The molecule has 1 unspecified atom stereocenters. The minimum absolute atomic E-state index is 0.147. The molecule has 48 heavy (non-hydrogen) atoms. The molecule has 13 heteroatoms. The van der Waals surface area contributed by atoms with Crippen molar-refractivity contribution < 1.29 is 27.8 Å². The van der Waals surface area contributed by atoms with E-state index < -0.39 is 47.1 Å². The molecule has 0 bridgehead atoms. The lowest BCUT2D eigenvalue weighted by molar-refractivity contribution is -0.207. The normalized spacial score (nSPS) is 15.9. The predicted molar refractivity (Wildman–Crippen MR) is 172 cm³/mol. The van der Waals surface area contributed by atoms with Crippen molar-refractivity contribution in [2.45, 2.75) is 38.0 Å². The van der Waals surface area contributed by atoms with E-state index >= 15 is 8.78 Å². The number of aliphatic hydroxyl groups excluding tert-OH is 1. The number of piperazine rings is 1. The van der Waals surface area contributed by atoms with E-state index in [1.54, 1.807) is 0 Å². The highest BCUT2D eigenvalue weighted by molar-refractivity contribution is 5.66. The number of tetrazole rings is 1. The summed E-state index contributed by atoms with van der Waals surface area (Å²) in [6.45, 7) is 6.33. The maximum Gasteiger partial charge on any atom is 0.323 e. The van der Waals surface area contributed by atoms with E-state index in [1.807, 2.05) is 50.2 Å². The lowest BCUT2D eigenvalue weighted by Crippen LogP contribution is -2.48. The summed E-state index contributed by atoms with van der Waals surface area (Å²) in [4.78, 5) is 8.56. The zero-order valence-electron chi connectivity index (χ0n) is 26.4. The first kappa shape index (κ1) is 33.0. The van der Waals surface area contributed by atoms with Gasteiger partial charge in [0.25, 0.3) is 0 Å². The monoisotopic (exact) mass is 661 g/mol. The Balaban J connectivity index is 1.14. The van der Waals surface area contributed by atoms with Gasteiger partial charge in [-0.25, -0.2) is 13.5 Å². The van der Waals surface area contributed by atoms with Crippen molar-refractivity contribution in [3.63, 3.8) is 0 Å². The molecule has 3 heterocycles. The van der Waals surface area contributed by atoms with Crippen LogP contribution in [-0.4, -0.2) is 61.6 Å². The molecule has 2 aromatic heterocycles. The fourth-order valence-electron chi connectivity index (χ4n) is 5.98. The van der Waals surface area contributed by atoms with Crippen molar-refractivity contribution in [3.8, 4) is 11.1 Å². The zero-order valence-corrected chi connectivity index (χ0v) is 26.4. The standard InChI is InChI=1S/C35H35F4N7O2/c1-23(2)33(47)25-5-11-29(12-6-25)45-17-15-44(16-18-45)28-9-3-24(4-10-28)26-7-14-32(40-20-26)35(38,39)34(48,21-46-22-41-42-43-46)30-13-8-27(36)19-31(30)37/h3-14,19-20,22-23,33,47-48H,15-18,21H2,1-2H3/t33?,34-/m0/s1. The number of alkyl halides is 2. The molecule has 1 saturated heterocycles. The minimum atomic E-state index is -4.14. The molecule has 1 aliphatic heterocycles. The number of aliphatic hydroxyl groups is 2.